The minimum Gasteiger partial charge on any atom is -0.466 e. The van der Waals surface area contributed by atoms with Crippen LogP contribution in [0, 0.1) is 0 Å². The van der Waals surface area contributed by atoms with Crippen LogP contribution in [0.2, 0.25) is 0 Å². The SMILES string of the molecule is CCCCOC(=O)CCC(CN1C(=O)C=CC1=O)N1C(=O)C=CC1=O. The number of rotatable bonds is 9. The molecule has 2 heterocycles. The van der Waals surface area contributed by atoms with Gasteiger partial charge in [-0.15, -0.1) is 0 Å². The number of unbranched alkanes of at least 4 members (excludes halogenated alkanes) is 1. The van der Waals surface area contributed by atoms with Crippen LogP contribution in [0.1, 0.15) is 32.6 Å². The Morgan fingerprint density at radius 1 is 1.00 bits per heavy atom. The molecule has 4 amide bonds. The van der Waals surface area contributed by atoms with Gasteiger partial charge in [0.1, 0.15) is 0 Å². The summed E-state index contributed by atoms with van der Waals surface area (Å²) >= 11 is 0. The van der Waals surface area contributed by atoms with Crippen molar-refractivity contribution in [1.29, 1.82) is 0 Å². The van der Waals surface area contributed by atoms with Gasteiger partial charge >= 0.3 is 5.97 Å². The molecule has 0 aromatic heterocycles. The summed E-state index contributed by atoms with van der Waals surface area (Å²) in [7, 11) is 0. The van der Waals surface area contributed by atoms with Gasteiger partial charge < -0.3 is 4.74 Å². The number of nitrogens with zero attached hydrogens (tertiary/aromatic N) is 2. The molecule has 0 spiro atoms. The summed E-state index contributed by atoms with van der Waals surface area (Å²) in [6.45, 7) is 2.14. The summed E-state index contributed by atoms with van der Waals surface area (Å²) < 4.78 is 5.06. The van der Waals surface area contributed by atoms with E-state index in [1.165, 1.54) is 0 Å². The number of imide groups is 2. The molecule has 2 rings (SSSR count). The van der Waals surface area contributed by atoms with Crippen LogP contribution >= 0.6 is 0 Å². The molecule has 2 aliphatic rings. The second kappa shape index (κ2) is 8.36. The molecular weight excluding hydrogens is 328 g/mol. The van der Waals surface area contributed by atoms with Gasteiger partial charge in [-0.3, -0.25) is 33.8 Å². The molecule has 0 bridgehead atoms. The van der Waals surface area contributed by atoms with Crippen LogP contribution in [-0.4, -0.2) is 58.6 Å². The molecular formula is C17H20N2O6. The zero-order valence-corrected chi connectivity index (χ0v) is 14.0. The van der Waals surface area contributed by atoms with E-state index in [9.17, 15) is 24.0 Å². The van der Waals surface area contributed by atoms with Crippen LogP contribution < -0.4 is 0 Å². The highest BCUT2D eigenvalue weighted by atomic mass is 16.5. The number of esters is 1. The number of amides is 4. The van der Waals surface area contributed by atoms with E-state index in [0.717, 1.165) is 46.9 Å². The molecule has 1 atom stereocenters. The molecule has 8 heteroatoms. The first-order valence-corrected chi connectivity index (χ1v) is 8.18. The summed E-state index contributed by atoms with van der Waals surface area (Å²) in [6.07, 6.45) is 6.25. The largest absolute Gasteiger partial charge is 0.466 e. The van der Waals surface area contributed by atoms with Gasteiger partial charge in [-0.05, 0) is 12.8 Å². The summed E-state index contributed by atoms with van der Waals surface area (Å²) in [4.78, 5) is 61.0. The molecule has 25 heavy (non-hydrogen) atoms. The summed E-state index contributed by atoms with van der Waals surface area (Å²) in [5.41, 5.74) is 0. The predicted octanol–water partition coefficient (Wildman–Crippen LogP) is 0.329. The van der Waals surface area contributed by atoms with Crippen LogP contribution in [0.25, 0.3) is 0 Å². The number of carbonyl (C=O) groups is 5. The summed E-state index contributed by atoms with van der Waals surface area (Å²) in [5, 5.41) is 0. The van der Waals surface area contributed by atoms with Crippen molar-refractivity contribution >= 4 is 29.6 Å². The Labute approximate surface area is 145 Å². The van der Waals surface area contributed by atoms with Crippen molar-refractivity contribution in [3.63, 3.8) is 0 Å². The first kappa shape index (κ1) is 18.6. The Morgan fingerprint density at radius 3 is 2.12 bits per heavy atom. The molecule has 0 saturated carbocycles. The Hall–Kier alpha value is -2.77. The predicted molar refractivity (Wildman–Crippen MR) is 85.7 cm³/mol. The van der Waals surface area contributed by atoms with Crippen LogP contribution in [0.4, 0.5) is 0 Å². The number of hydrogen-bond acceptors (Lipinski definition) is 6. The number of ether oxygens (including phenoxy) is 1. The Balaban J connectivity index is 2.01. The van der Waals surface area contributed by atoms with Gasteiger partial charge in [0.25, 0.3) is 23.6 Å². The highest BCUT2D eigenvalue weighted by Gasteiger charge is 2.35. The van der Waals surface area contributed by atoms with E-state index in [0.29, 0.717) is 6.61 Å². The molecule has 1 unspecified atom stereocenters. The van der Waals surface area contributed by atoms with E-state index in [2.05, 4.69) is 0 Å². The van der Waals surface area contributed by atoms with Gasteiger partial charge in [-0.2, -0.15) is 0 Å². The third kappa shape index (κ3) is 4.62. The molecule has 8 nitrogen and oxygen atoms in total. The van der Waals surface area contributed by atoms with E-state index < -0.39 is 35.6 Å². The van der Waals surface area contributed by atoms with Gasteiger partial charge in [-0.1, -0.05) is 13.3 Å². The lowest BCUT2D eigenvalue weighted by Gasteiger charge is -2.29. The standard InChI is InChI=1S/C17H20N2O6/c1-2-3-10-25-17(24)9-4-12(19-15(22)7-8-16(19)23)11-18-13(20)5-6-14(18)21/h5-8,12H,2-4,9-11H2,1H3. The minimum atomic E-state index is -0.776. The average Bonchev–Trinajstić information content (AvgIpc) is 3.07. The zero-order chi connectivity index (χ0) is 18.4. The Morgan fingerprint density at radius 2 is 1.56 bits per heavy atom. The Kier molecular flexibility index (Phi) is 6.21. The second-order valence-corrected chi connectivity index (χ2v) is 5.77. The fourth-order valence-corrected chi connectivity index (χ4v) is 2.58. The van der Waals surface area contributed by atoms with E-state index in [1.807, 2.05) is 6.92 Å². The number of hydrogen-bond donors (Lipinski definition) is 0. The Bertz CT molecular complexity index is 616. The fourth-order valence-electron chi connectivity index (χ4n) is 2.58. The van der Waals surface area contributed by atoms with Gasteiger partial charge in [0.2, 0.25) is 0 Å². The normalized spacial score (nSPS) is 17.8. The van der Waals surface area contributed by atoms with E-state index >= 15 is 0 Å². The van der Waals surface area contributed by atoms with Crippen molar-refractivity contribution in [2.24, 2.45) is 0 Å². The van der Waals surface area contributed by atoms with Gasteiger partial charge in [0.15, 0.2) is 0 Å². The first-order chi connectivity index (χ1) is 11.9. The summed E-state index contributed by atoms with van der Waals surface area (Å²) in [6, 6.07) is -0.776. The highest BCUT2D eigenvalue weighted by molar-refractivity contribution is 6.14. The lowest BCUT2D eigenvalue weighted by atomic mass is 10.1. The van der Waals surface area contributed by atoms with Crippen LogP contribution in [0.5, 0.6) is 0 Å². The van der Waals surface area contributed by atoms with E-state index in [4.69, 9.17) is 4.74 Å². The third-order valence-electron chi connectivity index (χ3n) is 3.94. The van der Waals surface area contributed by atoms with Crippen molar-refractivity contribution in [2.75, 3.05) is 13.2 Å². The monoisotopic (exact) mass is 348 g/mol. The molecule has 0 N–H and O–H groups in total. The van der Waals surface area contributed by atoms with Crippen LogP contribution in [-0.2, 0) is 28.7 Å². The molecule has 0 aromatic carbocycles. The second-order valence-electron chi connectivity index (χ2n) is 5.77. The molecule has 0 fully saturated rings. The maximum absolute atomic E-state index is 11.9. The zero-order valence-electron chi connectivity index (χ0n) is 14.0. The quantitative estimate of drug-likeness (QED) is 0.338. The van der Waals surface area contributed by atoms with Crippen molar-refractivity contribution in [1.82, 2.24) is 9.80 Å². The maximum Gasteiger partial charge on any atom is 0.305 e. The van der Waals surface area contributed by atoms with Crippen LogP contribution in [0.15, 0.2) is 24.3 Å². The fraction of sp³-hybridized carbons (Fsp3) is 0.471. The van der Waals surface area contributed by atoms with Crippen molar-refractivity contribution < 1.29 is 28.7 Å². The van der Waals surface area contributed by atoms with Gasteiger partial charge in [0, 0.05) is 30.7 Å². The first-order valence-electron chi connectivity index (χ1n) is 8.18. The molecule has 0 saturated heterocycles. The minimum absolute atomic E-state index is 0.0188. The van der Waals surface area contributed by atoms with Crippen molar-refractivity contribution in [2.45, 2.75) is 38.6 Å². The van der Waals surface area contributed by atoms with E-state index in [1.54, 1.807) is 0 Å². The molecule has 0 aliphatic carbocycles. The molecule has 134 valence electrons. The molecule has 0 aromatic rings. The maximum atomic E-state index is 11.9. The van der Waals surface area contributed by atoms with E-state index in [-0.39, 0.29) is 19.4 Å². The highest BCUT2D eigenvalue weighted by Crippen LogP contribution is 2.17. The summed E-state index contributed by atoms with van der Waals surface area (Å²) in [5.74, 6) is -2.51. The van der Waals surface area contributed by atoms with Crippen LogP contribution in [0.3, 0.4) is 0 Å². The average molecular weight is 348 g/mol. The molecule has 2 aliphatic heterocycles. The smallest absolute Gasteiger partial charge is 0.305 e. The molecule has 0 radical (unpaired) electrons. The van der Waals surface area contributed by atoms with Gasteiger partial charge in [-0.25, -0.2) is 0 Å². The van der Waals surface area contributed by atoms with Gasteiger partial charge in [0.05, 0.1) is 19.2 Å². The van der Waals surface area contributed by atoms with Crippen molar-refractivity contribution in [3.8, 4) is 0 Å². The number of carbonyl (C=O) groups excluding carboxylic acids is 5. The lowest BCUT2D eigenvalue weighted by Crippen LogP contribution is -2.48. The topological polar surface area (TPSA) is 101 Å². The third-order valence-corrected chi connectivity index (χ3v) is 3.94. The van der Waals surface area contributed by atoms with Crippen molar-refractivity contribution in [3.05, 3.63) is 24.3 Å². The lowest BCUT2D eigenvalue weighted by molar-refractivity contribution is -0.148.